The average Bonchev–Trinajstić information content (AvgIpc) is 3.38. The van der Waals surface area contributed by atoms with Gasteiger partial charge >= 0.3 is 0 Å². The minimum Gasteiger partial charge on any atom is -0.361 e. The van der Waals surface area contributed by atoms with Gasteiger partial charge in [-0.1, -0.05) is 5.16 Å². The Kier molecular flexibility index (Phi) is 3.03. The molecule has 2 aliphatic carbocycles. The molecule has 5 nitrogen and oxygen atoms in total. The first-order chi connectivity index (χ1) is 10.1. The van der Waals surface area contributed by atoms with E-state index in [-0.39, 0.29) is 19.0 Å². The number of carbonyl (C=O) groups excluding carboxylic acids is 1. The van der Waals surface area contributed by atoms with Crippen LogP contribution in [-0.2, 0) is 11.3 Å². The number of halogens is 1. The normalized spacial score (nSPS) is 29.8. The van der Waals surface area contributed by atoms with Crippen LogP contribution in [0, 0.1) is 0 Å². The second kappa shape index (κ2) is 4.80. The summed E-state index contributed by atoms with van der Waals surface area (Å²) in [6.07, 6.45) is 4.57. The van der Waals surface area contributed by atoms with E-state index in [1.54, 1.807) is 0 Å². The molecule has 0 spiro atoms. The lowest BCUT2D eigenvalue weighted by Gasteiger charge is -2.19. The first-order valence-electron chi connectivity index (χ1n) is 7.80. The minimum atomic E-state index is -1.74. The summed E-state index contributed by atoms with van der Waals surface area (Å²) in [5.74, 6) is 1.04. The summed E-state index contributed by atoms with van der Waals surface area (Å²) in [5.41, 5.74) is -0.908. The van der Waals surface area contributed by atoms with E-state index in [4.69, 9.17) is 4.52 Å². The molecular weight excluding hydrogens is 273 g/mol. The number of rotatable bonds is 5. The highest BCUT2D eigenvalue weighted by Crippen LogP contribution is 2.40. The van der Waals surface area contributed by atoms with E-state index in [0.29, 0.717) is 19.0 Å². The van der Waals surface area contributed by atoms with E-state index in [0.717, 1.165) is 24.3 Å². The van der Waals surface area contributed by atoms with Crippen molar-refractivity contribution >= 4 is 5.91 Å². The third kappa shape index (κ3) is 2.81. The predicted octanol–water partition coefficient (Wildman–Crippen LogP) is 1.74. The lowest BCUT2D eigenvalue weighted by molar-refractivity contribution is -0.132. The van der Waals surface area contributed by atoms with Gasteiger partial charge in [-0.3, -0.25) is 9.69 Å². The van der Waals surface area contributed by atoms with Gasteiger partial charge in [0, 0.05) is 44.1 Å². The Morgan fingerprint density at radius 3 is 3.00 bits per heavy atom. The minimum absolute atomic E-state index is 0.150. The smallest absolute Gasteiger partial charge is 0.259 e. The van der Waals surface area contributed by atoms with Gasteiger partial charge in [-0.25, -0.2) is 4.39 Å². The zero-order valence-electron chi connectivity index (χ0n) is 12.0. The first kappa shape index (κ1) is 13.2. The summed E-state index contributed by atoms with van der Waals surface area (Å²) in [6.45, 7) is 1.29. The molecule has 1 saturated heterocycles. The van der Waals surface area contributed by atoms with Crippen LogP contribution in [0.4, 0.5) is 4.39 Å². The highest BCUT2D eigenvalue weighted by molar-refractivity contribution is 5.86. The van der Waals surface area contributed by atoms with Gasteiger partial charge in [-0.2, -0.15) is 0 Å². The number of hydrogen-bond donors (Lipinski definition) is 1. The van der Waals surface area contributed by atoms with Gasteiger partial charge in [0.25, 0.3) is 5.91 Å². The Morgan fingerprint density at radius 2 is 2.29 bits per heavy atom. The molecule has 0 aromatic carbocycles. The first-order valence-corrected chi connectivity index (χ1v) is 7.80. The Morgan fingerprint density at radius 1 is 1.48 bits per heavy atom. The van der Waals surface area contributed by atoms with E-state index in [2.05, 4.69) is 10.5 Å². The number of hydrogen-bond acceptors (Lipinski definition) is 4. The predicted molar refractivity (Wildman–Crippen MR) is 73.4 cm³/mol. The summed E-state index contributed by atoms with van der Waals surface area (Å²) >= 11 is 0. The molecule has 0 radical (unpaired) electrons. The number of amides is 1. The fraction of sp³-hybridized carbons (Fsp3) is 0.733. The molecule has 1 aliphatic heterocycles. The molecule has 2 heterocycles. The van der Waals surface area contributed by atoms with E-state index >= 15 is 0 Å². The second-order valence-electron chi connectivity index (χ2n) is 6.67. The van der Waals surface area contributed by atoms with Crippen molar-refractivity contribution in [3.05, 3.63) is 17.5 Å². The van der Waals surface area contributed by atoms with Crippen molar-refractivity contribution < 1.29 is 13.7 Å². The summed E-state index contributed by atoms with van der Waals surface area (Å²) in [5, 5.41) is 6.83. The van der Waals surface area contributed by atoms with Crippen molar-refractivity contribution in [2.75, 3.05) is 13.1 Å². The van der Waals surface area contributed by atoms with Crippen molar-refractivity contribution in [3.8, 4) is 0 Å². The molecule has 1 unspecified atom stereocenters. The number of carbonyl (C=O) groups is 1. The van der Waals surface area contributed by atoms with Crippen LogP contribution in [-0.4, -0.2) is 40.8 Å². The Balaban J connectivity index is 1.35. The Hall–Kier alpha value is -1.43. The maximum atomic E-state index is 14.7. The van der Waals surface area contributed by atoms with Crippen molar-refractivity contribution in [1.82, 2.24) is 15.4 Å². The summed E-state index contributed by atoms with van der Waals surface area (Å²) in [6, 6.07) is 2.18. The lowest BCUT2D eigenvalue weighted by atomic mass is 10.0. The van der Waals surface area contributed by atoms with Crippen LogP contribution in [0.3, 0.4) is 0 Å². The van der Waals surface area contributed by atoms with Crippen LogP contribution in [0.25, 0.3) is 0 Å². The molecule has 1 aromatic rings. The van der Waals surface area contributed by atoms with Gasteiger partial charge in [0.2, 0.25) is 5.67 Å². The molecule has 2 saturated carbocycles. The van der Waals surface area contributed by atoms with Gasteiger partial charge in [0.05, 0.1) is 5.69 Å². The SMILES string of the molecule is O=C(NC1CC1)C1(F)CCN(Cc2cc(C3CC3)on2)C1. The maximum absolute atomic E-state index is 14.7. The van der Waals surface area contributed by atoms with Crippen LogP contribution < -0.4 is 5.32 Å². The van der Waals surface area contributed by atoms with Crippen LogP contribution in [0.1, 0.15) is 49.5 Å². The lowest BCUT2D eigenvalue weighted by Crippen LogP contribution is -2.46. The molecule has 1 amide bonds. The molecule has 1 aromatic heterocycles. The topological polar surface area (TPSA) is 58.4 Å². The number of aromatic nitrogens is 1. The van der Waals surface area contributed by atoms with Gasteiger partial charge in [0.1, 0.15) is 5.76 Å². The van der Waals surface area contributed by atoms with Gasteiger partial charge in [0.15, 0.2) is 0 Å². The zero-order chi connectivity index (χ0) is 14.4. The van der Waals surface area contributed by atoms with Crippen molar-refractivity contribution in [3.63, 3.8) is 0 Å². The average molecular weight is 293 g/mol. The summed E-state index contributed by atoms with van der Waals surface area (Å²) in [4.78, 5) is 13.9. The molecule has 4 rings (SSSR count). The van der Waals surface area contributed by atoms with E-state index in [1.165, 1.54) is 12.8 Å². The number of nitrogens with one attached hydrogen (secondary N) is 1. The summed E-state index contributed by atoms with van der Waals surface area (Å²) in [7, 11) is 0. The molecule has 1 N–H and O–H groups in total. The number of likely N-dealkylation sites (tertiary alicyclic amines) is 1. The number of nitrogens with zero attached hydrogens (tertiary/aromatic N) is 2. The van der Waals surface area contributed by atoms with Gasteiger partial charge in [-0.15, -0.1) is 0 Å². The van der Waals surface area contributed by atoms with Crippen LogP contribution in [0.2, 0.25) is 0 Å². The van der Waals surface area contributed by atoms with Gasteiger partial charge in [-0.05, 0) is 25.7 Å². The molecule has 0 bridgehead atoms. The Labute approximate surface area is 122 Å². The maximum Gasteiger partial charge on any atom is 0.259 e. The monoisotopic (exact) mass is 293 g/mol. The molecule has 6 heteroatoms. The fourth-order valence-electron chi connectivity index (χ4n) is 2.90. The number of alkyl halides is 1. The Bertz CT molecular complexity index is 553. The van der Waals surface area contributed by atoms with E-state index in [9.17, 15) is 9.18 Å². The molecule has 1 atom stereocenters. The third-order valence-electron chi connectivity index (χ3n) is 4.56. The fourth-order valence-corrected chi connectivity index (χ4v) is 2.90. The standard InChI is InChI=1S/C15H20FN3O2/c16-15(14(20)17-11-3-4-11)5-6-19(9-15)8-12-7-13(21-18-12)10-1-2-10/h7,10-11H,1-6,8-9H2,(H,17,20). The largest absolute Gasteiger partial charge is 0.361 e. The molecule has 21 heavy (non-hydrogen) atoms. The van der Waals surface area contributed by atoms with Crippen molar-refractivity contribution in [2.45, 2.75) is 56.3 Å². The summed E-state index contributed by atoms with van der Waals surface area (Å²) < 4.78 is 20.0. The van der Waals surface area contributed by atoms with Crippen LogP contribution in [0.15, 0.2) is 10.6 Å². The van der Waals surface area contributed by atoms with Crippen LogP contribution in [0.5, 0.6) is 0 Å². The highest BCUT2D eigenvalue weighted by Gasteiger charge is 2.46. The van der Waals surface area contributed by atoms with Crippen LogP contribution >= 0.6 is 0 Å². The van der Waals surface area contributed by atoms with Gasteiger partial charge < -0.3 is 9.84 Å². The zero-order valence-corrected chi connectivity index (χ0v) is 12.0. The quantitative estimate of drug-likeness (QED) is 0.898. The van der Waals surface area contributed by atoms with Crippen molar-refractivity contribution in [1.29, 1.82) is 0 Å². The van der Waals surface area contributed by atoms with E-state index < -0.39 is 11.6 Å². The molecule has 3 aliphatic rings. The van der Waals surface area contributed by atoms with E-state index in [1.807, 2.05) is 11.0 Å². The molecular formula is C15H20FN3O2. The van der Waals surface area contributed by atoms with Crippen molar-refractivity contribution in [2.24, 2.45) is 0 Å². The third-order valence-corrected chi connectivity index (χ3v) is 4.56. The second-order valence-corrected chi connectivity index (χ2v) is 6.67. The molecule has 114 valence electrons. The molecule has 3 fully saturated rings. The highest BCUT2D eigenvalue weighted by atomic mass is 19.1.